The van der Waals surface area contributed by atoms with Gasteiger partial charge in [0.05, 0.1) is 7.11 Å². The maximum Gasteiger partial charge on any atom is 0.0572 e. The van der Waals surface area contributed by atoms with Crippen LogP contribution in [0.1, 0.15) is 0 Å². The van der Waals surface area contributed by atoms with Gasteiger partial charge in [-0.1, -0.05) is 18.2 Å². The lowest BCUT2D eigenvalue weighted by atomic mass is 10.4. The van der Waals surface area contributed by atoms with Crippen LogP contribution in [0.3, 0.4) is 0 Å². The monoisotopic (exact) mass is 183 g/mol. The normalized spacial score (nSPS) is 10.1. The van der Waals surface area contributed by atoms with Crippen molar-refractivity contribution in [3.8, 4) is 0 Å². The van der Waals surface area contributed by atoms with E-state index in [1.54, 1.807) is 7.11 Å². The lowest BCUT2D eigenvalue weighted by Gasteiger charge is -2.01. The van der Waals surface area contributed by atoms with Crippen LogP contribution in [0, 0.1) is 0 Å². The van der Waals surface area contributed by atoms with Crippen LogP contribution in [-0.2, 0) is 4.84 Å². The lowest BCUT2D eigenvalue weighted by Crippen LogP contribution is -2.14. The first-order valence-corrected chi connectivity index (χ1v) is 4.86. The molecule has 1 N–H and O–H groups in total. The van der Waals surface area contributed by atoms with Crippen molar-refractivity contribution in [1.29, 1.82) is 0 Å². The summed E-state index contributed by atoms with van der Waals surface area (Å²) < 4.78 is 0. The molecule has 0 radical (unpaired) electrons. The Bertz CT molecular complexity index is 203. The van der Waals surface area contributed by atoms with E-state index in [1.165, 1.54) is 4.90 Å². The highest BCUT2D eigenvalue weighted by molar-refractivity contribution is 7.99. The third-order valence-electron chi connectivity index (χ3n) is 1.36. The second kappa shape index (κ2) is 6.06. The van der Waals surface area contributed by atoms with E-state index in [1.807, 2.05) is 30.0 Å². The summed E-state index contributed by atoms with van der Waals surface area (Å²) in [6.07, 6.45) is 0. The molecule has 1 rings (SSSR count). The molecule has 3 heteroatoms. The van der Waals surface area contributed by atoms with Gasteiger partial charge < -0.3 is 4.84 Å². The molecule has 0 spiro atoms. The number of hydrogen-bond acceptors (Lipinski definition) is 3. The highest BCUT2D eigenvalue weighted by Crippen LogP contribution is 2.15. The Morgan fingerprint density at radius 1 is 1.33 bits per heavy atom. The van der Waals surface area contributed by atoms with E-state index >= 15 is 0 Å². The minimum Gasteiger partial charge on any atom is -0.305 e. The van der Waals surface area contributed by atoms with Crippen LogP contribution in [0.15, 0.2) is 35.2 Å². The Hall–Kier alpha value is -0.510. The molecular formula is C9H13NOS. The first-order chi connectivity index (χ1) is 5.93. The van der Waals surface area contributed by atoms with Crippen molar-refractivity contribution >= 4 is 11.8 Å². The molecule has 66 valence electrons. The molecule has 0 unspecified atom stereocenters. The van der Waals surface area contributed by atoms with Crippen molar-refractivity contribution in [2.45, 2.75) is 4.90 Å². The van der Waals surface area contributed by atoms with Crippen molar-refractivity contribution in [2.75, 3.05) is 19.4 Å². The van der Waals surface area contributed by atoms with Crippen LogP contribution in [0.2, 0.25) is 0 Å². The number of nitrogens with one attached hydrogen (secondary N) is 1. The van der Waals surface area contributed by atoms with E-state index in [0.29, 0.717) is 0 Å². The van der Waals surface area contributed by atoms with E-state index in [-0.39, 0.29) is 0 Å². The fraction of sp³-hybridized carbons (Fsp3) is 0.333. The fourth-order valence-electron chi connectivity index (χ4n) is 0.829. The molecule has 0 atom stereocenters. The molecule has 0 aromatic heterocycles. The van der Waals surface area contributed by atoms with E-state index in [0.717, 1.165) is 12.3 Å². The summed E-state index contributed by atoms with van der Waals surface area (Å²) in [4.78, 5) is 6.02. The van der Waals surface area contributed by atoms with Gasteiger partial charge in [0.25, 0.3) is 0 Å². The Morgan fingerprint density at radius 2 is 2.08 bits per heavy atom. The molecule has 0 bridgehead atoms. The van der Waals surface area contributed by atoms with Gasteiger partial charge in [0.2, 0.25) is 0 Å². The molecule has 0 saturated heterocycles. The molecule has 1 aromatic rings. The number of rotatable bonds is 5. The summed E-state index contributed by atoms with van der Waals surface area (Å²) in [5.41, 5.74) is 2.80. The van der Waals surface area contributed by atoms with Gasteiger partial charge in [-0.3, -0.25) is 0 Å². The number of thioether (sulfide) groups is 1. The van der Waals surface area contributed by atoms with E-state index < -0.39 is 0 Å². The Balaban J connectivity index is 2.16. The number of hydroxylamine groups is 1. The fourth-order valence-corrected chi connectivity index (χ4v) is 1.60. The first-order valence-electron chi connectivity index (χ1n) is 3.87. The predicted molar refractivity (Wildman–Crippen MR) is 52.2 cm³/mol. The predicted octanol–water partition coefficient (Wildman–Crippen LogP) is 1.93. The standard InChI is InChI=1S/C9H13NOS/c1-11-10-7-8-12-9-5-3-2-4-6-9/h2-6,10H,7-8H2,1H3. The van der Waals surface area contributed by atoms with Gasteiger partial charge in [-0.05, 0) is 12.1 Å². The Labute approximate surface area is 77.3 Å². The molecule has 0 fully saturated rings. The van der Waals surface area contributed by atoms with Crippen LogP contribution in [-0.4, -0.2) is 19.4 Å². The molecule has 0 amide bonds. The summed E-state index contributed by atoms with van der Waals surface area (Å²) in [5.74, 6) is 1.03. The third-order valence-corrected chi connectivity index (χ3v) is 2.37. The molecule has 12 heavy (non-hydrogen) atoms. The zero-order valence-electron chi connectivity index (χ0n) is 7.12. The molecule has 0 saturated carbocycles. The highest BCUT2D eigenvalue weighted by atomic mass is 32.2. The highest BCUT2D eigenvalue weighted by Gasteiger charge is 1.90. The molecular weight excluding hydrogens is 170 g/mol. The van der Waals surface area contributed by atoms with Crippen LogP contribution in [0.5, 0.6) is 0 Å². The second-order valence-corrected chi connectivity index (χ2v) is 3.43. The van der Waals surface area contributed by atoms with Gasteiger partial charge in [0, 0.05) is 17.2 Å². The zero-order valence-corrected chi connectivity index (χ0v) is 7.93. The van der Waals surface area contributed by atoms with Crippen molar-refractivity contribution in [3.63, 3.8) is 0 Å². The maximum absolute atomic E-state index is 4.72. The van der Waals surface area contributed by atoms with Crippen LogP contribution < -0.4 is 5.48 Å². The van der Waals surface area contributed by atoms with Gasteiger partial charge in [0.15, 0.2) is 0 Å². The second-order valence-electron chi connectivity index (χ2n) is 2.26. The van der Waals surface area contributed by atoms with E-state index in [4.69, 9.17) is 4.84 Å². The van der Waals surface area contributed by atoms with Crippen molar-refractivity contribution in [2.24, 2.45) is 0 Å². The summed E-state index contributed by atoms with van der Waals surface area (Å²) in [7, 11) is 1.63. The van der Waals surface area contributed by atoms with Gasteiger partial charge in [-0.25, -0.2) is 5.48 Å². The summed E-state index contributed by atoms with van der Waals surface area (Å²) >= 11 is 1.82. The lowest BCUT2D eigenvalue weighted by molar-refractivity contribution is 0.0970. The average molecular weight is 183 g/mol. The zero-order chi connectivity index (χ0) is 8.65. The van der Waals surface area contributed by atoms with Crippen LogP contribution in [0.4, 0.5) is 0 Å². The van der Waals surface area contributed by atoms with Gasteiger partial charge >= 0.3 is 0 Å². The quantitative estimate of drug-likeness (QED) is 0.428. The molecule has 0 aliphatic heterocycles. The smallest absolute Gasteiger partial charge is 0.0572 e. The van der Waals surface area contributed by atoms with Gasteiger partial charge in [0.1, 0.15) is 0 Å². The molecule has 0 aliphatic carbocycles. The molecule has 1 aromatic carbocycles. The van der Waals surface area contributed by atoms with Gasteiger partial charge in [-0.2, -0.15) is 0 Å². The minimum absolute atomic E-state index is 0.871. The largest absolute Gasteiger partial charge is 0.305 e. The van der Waals surface area contributed by atoms with Gasteiger partial charge in [-0.15, -0.1) is 11.8 Å². The molecule has 0 aliphatic rings. The van der Waals surface area contributed by atoms with Crippen LogP contribution in [0.25, 0.3) is 0 Å². The average Bonchev–Trinajstić information content (AvgIpc) is 2.14. The minimum atomic E-state index is 0.871. The van der Waals surface area contributed by atoms with Crippen molar-refractivity contribution in [1.82, 2.24) is 5.48 Å². The molecule has 2 nitrogen and oxygen atoms in total. The summed E-state index contributed by atoms with van der Waals surface area (Å²) in [6.45, 7) is 0.871. The van der Waals surface area contributed by atoms with E-state index in [2.05, 4.69) is 17.6 Å². The summed E-state index contributed by atoms with van der Waals surface area (Å²) in [6, 6.07) is 10.3. The topological polar surface area (TPSA) is 21.3 Å². The maximum atomic E-state index is 4.72. The first kappa shape index (κ1) is 9.58. The number of benzene rings is 1. The van der Waals surface area contributed by atoms with Crippen molar-refractivity contribution in [3.05, 3.63) is 30.3 Å². The Morgan fingerprint density at radius 3 is 2.75 bits per heavy atom. The summed E-state index contributed by atoms with van der Waals surface area (Å²) in [5, 5.41) is 0. The van der Waals surface area contributed by atoms with Crippen LogP contribution >= 0.6 is 11.8 Å². The molecule has 0 heterocycles. The van der Waals surface area contributed by atoms with Crippen molar-refractivity contribution < 1.29 is 4.84 Å². The number of hydrogen-bond donors (Lipinski definition) is 1. The van der Waals surface area contributed by atoms with E-state index in [9.17, 15) is 0 Å². The Kier molecular flexibility index (Phi) is 4.83. The third kappa shape index (κ3) is 3.76. The SMILES string of the molecule is CONCCSc1ccccc1.